The third-order valence-corrected chi connectivity index (χ3v) is 2.68. The molecular formula is C12H15ClN2O3. The molecule has 0 aliphatic carbocycles. The summed E-state index contributed by atoms with van der Waals surface area (Å²) in [5, 5.41) is 5.42. The van der Waals surface area contributed by atoms with Crippen LogP contribution in [0.1, 0.15) is 12.5 Å². The van der Waals surface area contributed by atoms with Gasteiger partial charge >= 0.3 is 11.8 Å². The van der Waals surface area contributed by atoms with Gasteiger partial charge in [0.05, 0.1) is 12.8 Å². The molecule has 1 rings (SSSR count). The zero-order chi connectivity index (χ0) is 13.7. The zero-order valence-corrected chi connectivity index (χ0v) is 11.2. The van der Waals surface area contributed by atoms with Gasteiger partial charge in [-0.25, -0.2) is 0 Å². The monoisotopic (exact) mass is 270 g/mol. The summed E-state index contributed by atoms with van der Waals surface area (Å²) < 4.78 is 5.09. The summed E-state index contributed by atoms with van der Waals surface area (Å²) in [7, 11) is 1.46. The van der Waals surface area contributed by atoms with Crippen molar-refractivity contribution in [1.82, 2.24) is 5.32 Å². The first-order valence-electron chi connectivity index (χ1n) is 5.42. The Labute approximate surface area is 110 Å². The van der Waals surface area contributed by atoms with Crippen LogP contribution in [0.2, 0.25) is 5.02 Å². The first kappa shape index (κ1) is 14.3. The van der Waals surface area contributed by atoms with Crippen molar-refractivity contribution in [2.45, 2.75) is 13.8 Å². The van der Waals surface area contributed by atoms with Gasteiger partial charge in [-0.3, -0.25) is 9.59 Å². The van der Waals surface area contributed by atoms with Crippen LogP contribution in [-0.2, 0) is 9.59 Å². The second kappa shape index (κ2) is 6.26. The maximum atomic E-state index is 11.6. The number of anilines is 1. The highest BCUT2D eigenvalue weighted by Gasteiger charge is 2.15. The minimum Gasteiger partial charge on any atom is -0.495 e. The SMILES string of the molecule is CCNC(=O)C(=O)Nc1cc(C)c(Cl)cc1OC. The fraction of sp³-hybridized carbons (Fsp3) is 0.333. The van der Waals surface area contributed by atoms with Crippen molar-refractivity contribution in [3.05, 3.63) is 22.7 Å². The van der Waals surface area contributed by atoms with E-state index in [1.54, 1.807) is 26.0 Å². The highest BCUT2D eigenvalue weighted by Crippen LogP contribution is 2.30. The predicted molar refractivity (Wildman–Crippen MR) is 70.1 cm³/mol. The molecule has 0 aliphatic heterocycles. The number of rotatable bonds is 3. The molecule has 2 N–H and O–H groups in total. The third-order valence-electron chi connectivity index (χ3n) is 2.27. The molecule has 0 bridgehead atoms. The maximum Gasteiger partial charge on any atom is 0.313 e. The van der Waals surface area contributed by atoms with Crippen LogP contribution in [0.15, 0.2) is 12.1 Å². The molecule has 0 unspecified atom stereocenters. The number of benzene rings is 1. The smallest absolute Gasteiger partial charge is 0.313 e. The van der Waals surface area contributed by atoms with Crippen molar-refractivity contribution in [3.8, 4) is 5.75 Å². The lowest BCUT2D eigenvalue weighted by atomic mass is 10.2. The van der Waals surface area contributed by atoms with Crippen LogP contribution < -0.4 is 15.4 Å². The van der Waals surface area contributed by atoms with E-state index in [0.29, 0.717) is 23.0 Å². The number of likely N-dealkylation sites (N-methyl/N-ethyl adjacent to an activating group) is 1. The van der Waals surface area contributed by atoms with Gasteiger partial charge < -0.3 is 15.4 Å². The van der Waals surface area contributed by atoms with Crippen molar-refractivity contribution in [1.29, 1.82) is 0 Å². The molecule has 0 fully saturated rings. The number of methoxy groups -OCH3 is 1. The van der Waals surface area contributed by atoms with Gasteiger partial charge in [0.15, 0.2) is 0 Å². The van der Waals surface area contributed by atoms with E-state index < -0.39 is 11.8 Å². The van der Waals surface area contributed by atoms with E-state index >= 15 is 0 Å². The van der Waals surface area contributed by atoms with Crippen molar-refractivity contribution < 1.29 is 14.3 Å². The van der Waals surface area contributed by atoms with Crippen LogP contribution in [0.25, 0.3) is 0 Å². The Hall–Kier alpha value is -1.75. The number of carbonyl (C=O) groups excluding carboxylic acids is 2. The average molecular weight is 271 g/mol. The van der Waals surface area contributed by atoms with Gasteiger partial charge in [0, 0.05) is 17.6 Å². The summed E-state index contributed by atoms with van der Waals surface area (Å²) in [5.74, 6) is -1.02. The number of ether oxygens (including phenoxy) is 1. The van der Waals surface area contributed by atoms with Gasteiger partial charge in [-0.15, -0.1) is 0 Å². The van der Waals surface area contributed by atoms with E-state index in [2.05, 4.69) is 10.6 Å². The Morgan fingerprint density at radius 1 is 1.33 bits per heavy atom. The van der Waals surface area contributed by atoms with Gasteiger partial charge in [0.1, 0.15) is 5.75 Å². The Kier molecular flexibility index (Phi) is 4.97. The molecule has 0 aliphatic rings. The second-order valence-electron chi connectivity index (χ2n) is 3.62. The van der Waals surface area contributed by atoms with Crippen LogP contribution in [0.5, 0.6) is 5.75 Å². The topological polar surface area (TPSA) is 67.4 Å². The van der Waals surface area contributed by atoms with Crippen LogP contribution in [0.3, 0.4) is 0 Å². The van der Waals surface area contributed by atoms with E-state index in [4.69, 9.17) is 16.3 Å². The Balaban J connectivity index is 2.93. The zero-order valence-electron chi connectivity index (χ0n) is 10.5. The van der Waals surface area contributed by atoms with Gasteiger partial charge in [0.25, 0.3) is 0 Å². The Morgan fingerprint density at radius 3 is 2.56 bits per heavy atom. The van der Waals surface area contributed by atoms with E-state index in [9.17, 15) is 9.59 Å². The molecule has 0 heterocycles. The normalized spacial score (nSPS) is 9.78. The molecule has 0 spiro atoms. The second-order valence-corrected chi connectivity index (χ2v) is 4.02. The predicted octanol–water partition coefficient (Wildman–Crippen LogP) is 1.73. The first-order chi connectivity index (χ1) is 8.49. The summed E-state index contributed by atoms with van der Waals surface area (Å²) in [6, 6.07) is 3.24. The number of amides is 2. The molecule has 5 nitrogen and oxygen atoms in total. The van der Waals surface area contributed by atoms with Crippen molar-refractivity contribution in [3.63, 3.8) is 0 Å². The number of hydrogen-bond acceptors (Lipinski definition) is 3. The molecule has 0 aromatic heterocycles. The van der Waals surface area contributed by atoms with Crippen LogP contribution in [0.4, 0.5) is 5.69 Å². The Morgan fingerprint density at radius 2 is 2.00 bits per heavy atom. The fourth-order valence-corrected chi connectivity index (χ4v) is 1.50. The standard InChI is InChI=1S/C12H15ClN2O3/c1-4-14-11(16)12(17)15-9-5-7(2)8(13)6-10(9)18-3/h5-6H,4H2,1-3H3,(H,14,16)(H,15,17). The lowest BCUT2D eigenvalue weighted by molar-refractivity contribution is -0.136. The summed E-state index contributed by atoms with van der Waals surface area (Å²) >= 11 is 5.94. The molecule has 0 atom stereocenters. The number of nitrogens with one attached hydrogen (secondary N) is 2. The summed E-state index contributed by atoms with van der Waals surface area (Å²) in [5.41, 5.74) is 1.19. The van der Waals surface area contributed by atoms with Crippen molar-refractivity contribution in [2.24, 2.45) is 0 Å². The molecular weight excluding hydrogens is 256 g/mol. The van der Waals surface area contributed by atoms with E-state index in [1.165, 1.54) is 7.11 Å². The number of hydrogen-bond donors (Lipinski definition) is 2. The van der Waals surface area contributed by atoms with Crippen LogP contribution in [-0.4, -0.2) is 25.5 Å². The molecule has 1 aromatic carbocycles. The lowest BCUT2D eigenvalue weighted by Crippen LogP contribution is -2.35. The van der Waals surface area contributed by atoms with E-state index in [0.717, 1.165) is 5.56 Å². The molecule has 1 aromatic rings. The van der Waals surface area contributed by atoms with Gasteiger partial charge in [-0.05, 0) is 25.5 Å². The largest absolute Gasteiger partial charge is 0.495 e. The minimum absolute atomic E-state index is 0.392. The number of carbonyl (C=O) groups is 2. The fourth-order valence-electron chi connectivity index (χ4n) is 1.35. The highest BCUT2D eigenvalue weighted by atomic mass is 35.5. The number of aryl methyl sites for hydroxylation is 1. The van der Waals surface area contributed by atoms with E-state index in [-0.39, 0.29) is 0 Å². The summed E-state index contributed by atoms with van der Waals surface area (Å²) in [6.07, 6.45) is 0. The maximum absolute atomic E-state index is 11.6. The van der Waals surface area contributed by atoms with Crippen molar-refractivity contribution >= 4 is 29.1 Å². The summed E-state index contributed by atoms with van der Waals surface area (Å²) in [6.45, 7) is 3.92. The highest BCUT2D eigenvalue weighted by molar-refractivity contribution is 6.40. The van der Waals surface area contributed by atoms with Crippen LogP contribution in [0, 0.1) is 6.92 Å². The van der Waals surface area contributed by atoms with E-state index in [1.807, 2.05) is 0 Å². The minimum atomic E-state index is -0.739. The average Bonchev–Trinajstić information content (AvgIpc) is 2.33. The molecule has 0 saturated heterocycles. The quantitative estimate of drug-likeness (QED) is 0.822. The van der Waals surface area contributed by atoms with Gasteiger partial charge in [-0.1, -0.05) is 11.6 Å². The molecule has 6 heteroatoms. The summed E-state index contributed by atoms with van der Waals surface area (Å²) in [4.78, 5) is 22.9. The molecule has 2 amide bonds. The van der Waals surface area contributed by atoms with Crippen LogP contribution >= 0.6 is 11.6 Å². The Bertz CT molecular complexity index is 475. The first-order valence-corrected chi connectivity index (χ1v) is 5.80. The van der Waals surface area contributed by atoms with Gasteiger partial charge in [-0.2, -0.15) is 0 Å². The molecule has 18 heavy (non-hydrogen) atoms. The lowest BCUT2D eigenvalue weighted by Gasteiger charge is -2.11. The molecule has 0 saturated carbocycles. The third kappa shape index (κ3) is 3.37. The van der Waals surface area contributed by atoms with Gasteiger partial charge in [0.2, 0.25) is 0 Å². The van der Waals surface area contributed by atoms with Crippen molar-refractivity contribution in [2.75, 3.05) is 19.0 Å². The molecule has 98 valence electrons. The molecule has 0 radical (unpaired) electrons. The number of halogens is 1.